The van der Waals surface area contributed by atoms with Crippen LogP contribution in [0.1, 0.15) is 134 Å². The Hall–Kier alpha value is -2.31. The first-order chi connectivity index (χ1) is 25.0. The number of rotatable bonds is 6. The van der Waals surface area contributed by atoms with Gasteiger partial charge in [-0.05, 0) is 39.5 Å². The Kier molecular flexibility index (Phi) is 16.6. The summed E-state index contributed by atoms with van der Waals surface area (Å²) in [6.45, 7) is 13.9. The quantitative estimate of drug-likeness (QED) is 0.150. The number of hydrogen-bond donors (Lipinski definition) is 0. The first-order valence-corrected chi connectivity index (χ1v) is 21.4. The van der Waals surface area contributed by atoms with E-state index in [0.717, 1.165) is 24.7 Å². The van der Waals surface area contributed by atoms with Crippen molar-refractivity contribution in [2.24, 2.45) is 11.8 Å². The van der Waals surface area contributed by atoms with Crippen molar-refractivity contribution in [1.82, 2.24) is 0 Å². The molecule has 0 aromatic heterocycles. The van der Waals surface area contributed by atoms with Gasteiger partial charge in [0, 0.05) is 0 Å². The number of hydrogen-bond acceptors (Lipinski definition) is 0. The van der Waals surface area contributed by atoms with Gasteiger partial charge in [-0.15, -0.1) is 60.1 Å². The van der Waals surface area contributed by atoms with E-state index in [4.69, 9.17) is 0 Å². The molecule has 0 unspecified atom stereocenters. The van der Waals surface area contributed by atoms with Crippen LogP contribution in [0.25, 0.3) is 33.4 Å². The van der Waals surface area contributed by atoms with Gasteiger partial charge in [0.1, 0.15) is 0 Å². The number of fused-ring (bicyclic) bond motifs is 3. The molecule has 4 aromatic rings. The molecule has 0 N–H and O–H groups in total. The summed E-state index contributed by atoms with van der Waals surface area (Å²) < 4.78 is 1.90. The van der Waals surface area contributed by atoms with Gasteiger partial charge in [-0.3, -0.25) is 6.08 Å². The van der Waals surface area contributed by atoms with E-state index in [0.29, 0.717) is 0 Å². The molecule has 0 bridgehead atoms. The van der Waals surface area contributed by atoms with Crippen molar-refractivity contribution in [3.05, 3.63) is 131 Å². The molecule has 54 heavy (non-hydrogen) atoms. The fourth-order valence-corrected chi connectivity index (χ4v) is 10.1. The van der Waals surface area contributed by atoms with Gasteiger partial charge >= 0.3 is 103 Å². The van der Waals surface area contributed by atoms with Crippen molar-refractivity contribution in [3.8, 4) is 33.4 Å². The van der Waals surface area contributed by atoms with E-state index in [9.17, 15) is 0 Å². The number of halogens is 2. The summed E-state index contributed by atoms with van der Waals surface area (Å²) >= 11 is 1.74. The normalized spacial score (nSPS) is 16.0. The van der Waals surface area contributed by atoms with Crippen LogP contribution in [-0.4, -0.2) is 3.21 Å². The van der Waals surface area contributed by atoms with Crippen LogP contribution in [-0.2, 0) is 41.5 Å². The zero-order valence-electron chi connectivity index (χ0n) is 33.7. The topological polar surface area (TPSA) is 0 Å². The molecule has 0 atom stereocenters. The Balaban J connectivity index is 0.000000255. The minimum absolute atomic E-state index is 0. The van der Waals surface area contributed by atoms with Crippen molar-refractivity contribution >= 4 is 28.0 Å². The molecule has 3 heteroatoms. The Morgan fingerprint density at radius 3 is 1.63 bits per heavy atom. The van der Waals surface area contributed by atoms with E-state index in [1.807, 2.05) is 15.4 Å². The molecule has 2 saturated carbocycles. The maximum absolute atomic E-state index is 3.88. The molecule has 0 radical (unpaired) electrons. The van der Waals surface area contributed by atoms with Crippen LogP contribution < -0.4 is 0 Å². The molecular formula is C51H62Cl2Zr. The van der Waals surface area contributed by atoms with Crippen molar-refractivity contribution in [2.75, 3.05) is 0 Å². The first kappa shape index (κ1) is 44.4. The Morgan fingerprint density at radius 1 is 0.648 bits per heavy atom. The fraction of sp³-hybridized carbons (Fsp3) is 0.431. The second-order valence-corrected chi connectivity index (χ2v) is 19.5. The zero-order chi connectivity index (χ0) is 36.7. The minimum atomic E-state index is 0. The summed E-state index contributed by atoms with van der Waals surface area (Å²) in [7, 11) is 0. The average Bonchev–Trinajstić information content (AvgIpc) is 3.97. The SMILES string of the molecule is CC(C)(C)c1cc2c([c-]c1-c1ccccc1)Cc1cc(-c3ccccc3)c(C(C)(C)C)cc1-2.Cl.Cl.[C-]1=CC=CC1.[Zr+2]=[C](CC1CCCC1)CC1CCCC1. The van der Waals surface area contributed by atoms with Gasteiger partial charge < -0.3 is 0 Å². The summed E-state index contributed by atoms with van der Waals surface area (Å²) in [5.41, 5.74) is 13.5. The van der Waals surface area contributed by atoms with Gasteiger partial charge in [-0.25, -0.2) is 12.2 Å². The third-order valence-electron chi connectivity index (χ3n) is 11.4. The van der Waals surface area contributed by atoms with Crippen molar-refractivity contribution < 1.29 is 24.2 Å². The van der Waals surface area contributed by atoms with E-state index in [1.54, 1.807) is 24.2 Å². The van der Waals surface area contributed by atoms with Crippen molar-refractivity contribution in [1.29, 1.82) is 0 Å². The van der Waals surface area contributed by atoms with Crippen LogP contribution in [0, 0.1) is 24.0 Å². The molecule has 0 heterocycles. The van der Waals surface area contributed by atoms with E-state index >= 15 is 0 Å². The fourth-order valence-electron chi connectivity index (χ4n) is 8.65. The van der Waals surface area contributed by atoms with Crippen LogP contribution in [0.2, 0.25) is 0 Å². The standard InChI is InChI=1S/C33H33.C13H22.C5H5.2ClH.Zr/c1-32(2,3)30-20-26-24(18-28(30)22-13-9-7-10-14-22)17-25-19-29(23-15-11-8-12-16-23)31(21-27(25)26)33(4,5)6;1-2-7-12(6-1)10-5-11-13-8-3-4-9-13;1-2-4-5-3-1;;;/h7-16,18,20-21H,17H2,1-6H3;12-13H,1-4,6-11H2;1-3H,4H2;2*1H;/q-1;;-1;;;+2. The van der Waals surface area contributed by atoms with Crippen molar-refractivity contribution in [2.45, 2.75) is 129 Å². The second kappa shape index (κ2) is 20.2. The molecule has 2 fully saturated rings. The van der Waals surface area contributed by atoms with Gasteiger partial charge in [0.15, 0.2) is 0 Å². The molecule has 0 amide bonds. The van der Waals surface area contributed by atoms with Crippen LogP contribution in [0.5, 0.6) is 0 Å². The third kappa shape index (κ3) is 11.6. The Bertz CT molecular complexity index is 1720. The summed E-state index contributed by atoms with van der Waals surface area (Å²) in [6.07, 6.45) is 26.1. The van der Waals surface area contributed by atoms with Gasteiger partial charge in [-0.2, -0.15) is 6.08 Å². The molecule has 8 rings (SSSR count). The second-order valence-electron chi connectivity index (χ2n) is 17.7. The third-order valence-corrected chi connectivity index (χ3v) is 12.4. The summed E-state index contributed by atoms with van der Waals surface area (Å²) in [4.78, 5) is 0. The molecule has 4 aromatic carbocycles. The number of benzene rings is 4. The molecule has 284 valence electrons. The van der Waals surface area contributed by atoms with E-state index in [1.165, 1.54) is 120 Å². The summed E-state index contributed by atoms with van der Waals surface area (Å²) in [6, 6.07) is 32.8. The molecular weight excluding hydrogens is 775 g/mol. The van der Waals surface area contributed by atoms with Crippen LogP contribution in [0.4, 0.5) is 0 Å². The van der Waals surface area contributed by atoms with Crippen LogP contribution in [0.15, 0.2) is 97.1 Å². The molecule has 4 aliphatic carbocycles. The van der Waals surface area contributed by atoms with Gasteiger partial charge in [0.05, 0.1) is 0 Å². The van der Waals surface area contributed by atoms with Crippen molar-refractivity contribution in [3.63, 3.8) is 0 Å². The molecule has 4 aliphatic rings. The molecule has 0 aliphatic heterocycles. The van der Waals surface area contributed by atoms with Crippen LogP contribution >= 0.6 is 24.8 Å². The van der Waals surface area contributed by atoms with Gasteiger partial charge in [0.25, 0.3) is 0 Å². The van der Waals surface area contributed by atoms with E-state index in [2.05, 4.69) is 139 Å². The molecule has 0 nitrogen and oxygen atoms in total. The summed E-state index contributed by atoms with van der Waals surface area (Å²) in [5.74, 6) is 2.18. The molecule has 0 saturated heterocycles. The van der Waals surface area contributed by atoms with Gasteiger partial charge in [0.2, 0.25) is 0 Å². The maximum atomic E-state index is 3.88. The van der Waals surface area contributed by atoms with Gasteiger partial charge in [-0.1, -0.05) is 131 Å². The average molecular weight is 837 g/mol. The zero-order valence-corrected chi connectivity index (χ0v) is 37.8. The van der Waals surface area contributed by atoms with E-state index < -0.39 is 0 Å². The predicted molar refractivity (Wildman–Crippen MR) is 236 cm³/mol. The van der Waals surface area contributed by atoms with Crippen LogP contribution in [0.3, 0.4) is 0 Å². The number of allylic oxidation sites excluding steroid dienone is 4. The first-order valence-electron chi connectivity index (χ1n) is 20.1. The monoisotopic (exact) mass is 834 g/mol. The molecule has 0 spiro atoms. The van der Waals surface area contributed by atoms with E-state index in [-0.39, 0.29) is 35.6 Å². The Morgan fingerprint density at radius 2 is 1.17 bits per heavy atom. The predicted octanol–water partition coefficient (Wildman–Crippen LogP) is 15.0. The summed E-state index contributed by atoms with van der Waals surface area (Å²) in [5, 5.41) is 0. The Labute approximate surface area is 355 Å².